The van der Waals surface area contributed by atoms with Gasteiger partial charge in [-0.3, -0.25) is 0 Å². The summed E-state index contributed by atoms with van der Waals surface area (Å²) in [5.74, 6) is 0. The zero-order valence-electron chi connectivity index (χ0n) is 9.91. The first-order chi connectivity index (χ1) is 7.59. The zero-order valence-corrected chi connectivity index (χ0v) is 9.91. The fraction of sp³-hybridized carbons (Fsp3) is 0.231. The van der Waals surface area contributed by atoms with Crippen molar-refractivity contribution < 1.29 is 0 Å². The van der Waals surface area contributed by atoms with Crippen molar-refractivity contribution in [1.82, 2.24) is 4.98 Å². The number of nitrogens with zero attached hydrogens (tertiary/aromatic N) is 1. The van der Waals surface area contributed by atoms with E-state index in [4.69, 9.17) is 5.73 Å². The van der Waals surface area contributed by atoms with Crippen LogP contribution < -0.4 is 10.6 Å². The Hall–Kier alpha value is -1.90. The number of aromatic nitrogens is 1. The second kappa shape index (κ2) is 3.93. The van der Waals surface area contributed by atoms with Crippen LogP contribution in [0.3, 0.4) is 0 Å². The lowest BCUT2D eigenvalue weighted by Gasteiger charge is -2.21. The van der Waals surface area contributed by atoms with E-state index in [1.807, 2.05) is 31.6 Å². The summed E-state index contributed by atoms with van der Waals surface area (Å²) in [6.45, 7) is 4.18. The van der Waals surface area contributed by atoms with Gasteiger partial charge < -0.3 is 15.6 Å². The summed E-state index contributed by atoms with van der Waals surface area (Å²) in [6.07, 6.45) is 3.86. The van der Waals surface area contributed by atoms with Crippen LogP contribution in [0, 0.1) is 13.8 Å². The van der Waals surface area contributed by atoms with E-state index in [-0.39, 0.29) is 0 Å². The highest BCUT2D eigenvalue weighted by molar-refractivity contribution is 5.75. The van der Waals surface area contributed by atoms with Gasteiger partial charge in [0, 0.05) is 19.4 Å². The molecular weight excluding hydrogens is 198 g/mol. The zero-order chi connectivity index (χ0) is 11.7. The van der Waals surface area contributed by atoms with Gasteiger partial charge in [-0.15, -0.1) is 0 Å². The third kappa shape index (κ3) is 1.76. The van der Waals surface area contributed by atoms with Crippen molar-refractivity contribution in [3.05, 3.63) is 41.7 Å². The molecule has 0 unspecified atom stereocenters. The van der Waals surface area contributed by atoms with Crippen LogP contribution >= 0.6 is 0 Å². The van der Waals surface area contributed by atoms with E-state index >= 15 is 0 Å². The number of hydrogen-bond donors (Lipinski definition) is 2. The number of rotatable bonds is 2. The molecule has 0 amide bonds. The van der Waals surface area contributed by atoms with Crippen molar-refractivity contribution in [3.8, 4) is 0 Å². The van der Waals surface area contributed by atoms with Gasteiger partial charge in [0.05, 0.1) is 17.1 Å². The Balaban J connectivity index is 2.44. The van der Waals surface area contributed by atoms with Gasteiger partial charge in [0.2, 0.25) is 0 Å². The SMILES string of the molecule is Cc1cc(N)c(N(C)c2cc[nH]c2)cc1C. The average Bonchev–Trinajstić information content (AvgIpc) is 2.75. The van der Waals surface area contributed by atoms with Crippen molar-refractivity contribution in [1.29, 1.82) is 0 Å². The van der Waals surface area contributed by atoms with Gasteiger partial charge in [0.15, 0.2) is 0 Å². The van der Waals surface area contributed by atoms with E-state index in [2.05, 4.69) is 29.8 Å². The minimum atomic E-state index is 0.812. The summed E-state index contributed by atoms with van der Waals surface area (Å²) in [4.78, 5) is 5.12. The van der Waals surface area contributed by atoms with Crippen LogP contribution in [0.5, 0.6) is 0 Å². The summed E-state index contributed by atoms with van der Waals surface area (Å²) in [7, 11) is 2.02. The van der Waals surface area contributed by atoms with Crippen LogP contribution in [0.4, 0.5) is 17.1 Å². The molecule has 1 heterocycles. The lowest BCUT2D eigenvalue weighted by molar-refractivity contribution is 1.20. The molecule has 2 rings (SSSR count). The van der Waals surface area contributed by atoms with Crippen molar-refractivity contribution >= 4 is 17.1 Å². The average molecular weight is 215 g/mol. The largest absolute Gasteiger partial charge is 0.397 e. The number of nitrogens with one attached hydrogen (secondary N) is 1. The number of anilines is 3. The fourth-order valence-corrected chi connectivity index (χ4v) is 1.78. The third-order valence-electron chi connectivity index (χ3n) is 2.97. The van der Waals surface area contributed by atoms with E-state index in [1.54, 1.807) is 0 Å². The molecule has 0 radical (unpaired) electrons. The maximum Gasteiger partial charge on any atom is 0.0645 e. The molecule has 0 atom stereocenters. The van der Waals surface area contributed by atoms with E-state index in [9.17, 15) is 0 Å². The summed E-state index contributed by atoms with van der Waals surface area (Å²) in [5.41, 5.74) is 11.5. The van der Waals surface area contributed by atoms with Crippen LogP contribution in [0.1, 0.15) is 11.1 Å². The Labute approximate surface area is 95.9 Å². The molecule has 3 heteroatoms. The van der Waals surface area contributed by atoms with E-state index < -0.39 is 0 Å². The summed E-state index contributed by atoms with van der Waals surface area (Å²) >= 11 is 0. The minimum absolute atomic E-state index is 0.812. The summed E-state index contributed by atoms with van der Waals surface area (Å²) in [6, 6.07) is 6.17. The first-order valence-corrected chi connectivity index (χ1v) is 5.33. The number of H-pyrrole nitrogens is 1. The van der Waals surface area contributed by atoms with Gasteiger partial charge in [0.25, 0.3) is 0 Å². The van der Waals surface area contributed by atoms with Gasteiger partial charge in [-0.05, 0) is 43.2 Å². The highest BCUT2D eigenvalue weighted by Gasteiger charge is 2.09. The molecule has 3 nitrogen and oxygen atoms in total. The van der Waals surface area contributed by atoms with Crippen LogP contribution in [-0.2, 0) is 0 Å². The highest BCUT2D eigenvalue weighted by Crippen LogP contribution is 2.30. The lowest BCUT2D eigenvalue weighted by atomic mass is 10.1. The van der Waals surface area contributed by atoms with Crippen molar-refractivity contribution in [3.63, 3.8) is 0 Å². The number of nitrogens with two attached hydrogens (primary N) is 1. The van der Waals surface area contributed by atoms with E-state index in [1.165, 1.54) is 11.1 Å². The van der Waals surface area contributed by atoms with Crippen LogP contribution in [0.25, 0.3) is 0 Å². The van der Waals surface area contributed by atoms with Crippen LogP contribution in [-0.4, -0.2) is 12.0 Å². The first kappa shape index (κ1) is 10.6. The van der Waals surface area contributed by atoms with E-state index in [0.717, 1.165) is 17.1 Å². The van der Waals surface area contributed by atoms with Gasteiger partial charge in [0.1, 0.15) is 0 Å². The Bertz CT molecular complexity index is 486. The predicted molar refractivity (Wildman–Crippen MR) is 69.2 cm³/mol. The Morgan fingerprint density at radius 2 is 1.88 bits per heavy atom. The Morgan fingerprint density at radius 3 is 2.50 bits per heavy atom. The molecule has 0 fully saturated rings. The molecule has 0 aliphatic rings. The molecule has 84 valence electrons. The predicted octanol–water partition coefficient (Wildman–Crippen LogP) is 2.98. The van der Waals surface area contributed by atoms with Gasteiger partial charge in [-0.25, -0.2) is 0 Å². The number of benzene rings is 1. The minimum Gasteiger partial charge on any atom is -0.397 e. The van der Waals surface area contributed by atoms with Crippen LogP contribution in [0.15, 0.2) is 30.6 Å². The molecule has 1 aromatic heterocycles. The molecule has 0 aliphatic carbocycles. The van der Waals surface area contributed by atoms with Crippen molar-refractivity contribution in [2.24, 2.45) is 0 Å². The molecular formula is C13H17N3. The molecule has 0 saturated heterocycles. The van der Waals surface area contributed by atoms with Crippen molar-refractivity contribution in [2.75, 3.05) is 17.7 Å². The summed E-state index contributed by atoms with van der Waals surface area (Å²) in [5, 5.41) is 0. The Morgan fingerprint density at radius 1 is 1.19 bits per heavy atom. The Kier molecular flexibility index (Phi) is 2.60. The molecule has 1 aromatic carbocycles. The molecule has 0 bridgehead atoms. The molecule has 0 saturated carbocycles. The maximum atomic E-state index is 6.05. The smallest absolute Gasteiger partial charge is 0.0645 e. The standard InChI is InChI=1S/C13H17N3/c1-9-6-12(14)13(7-10(9)2)16(3)11-4-5-15-8-11/h4-8,15H,14H2,1-3H3. The number of aromatic amines is 1. The summed E-state index contributed by atoms with van der Waals surface area (Å²) < 4.78 is 0. The van der Waals surface area contributed by atoms with Crippen LogP contribution in [0.2, 0.25) is 0 Å². The third-order valence-corrected chi connectivity index (χ3v) is 2.97. The first-order valence-electron chi connectivity index (χ1n) is 5.33. The second-order valence-corrected chi connectivity index (χ2v) is 4.12. The van der Waals surface area contributed by atoms with Crippen molar-refractivity contribution in [2.45, 2.75) is 13.8 Å². The van der Waals surface area contributed by atoms with Gasteiger partial charge in [-0.2, -0.15) is 0 Å². The van der Waals surface area contributed by atoms with Gasteiger partial charge >= 0.3 is 0 Å². The normalized spacial score (nSPS) is 10.4. The molecule has 0 spiro atoms. The maximum absolute atomic E-state index is 6.05. The topological polar surface area (TPSA) is 45.0 Å². The monoisotopic (exact) mass is 215 g/mol. The molecule has 16 heavy (non-hydrogen) atoms. The number of hydrogen-bond acceptors (Lipinski definition) is 2. The quantitative estimate of drug-likeness (QED) is 0.756. The highest BCUT2D eigenvalue weighted by atomic mass is 15.1. The molecule has 2 aromatic rings. The second-order valence-electron chi connectivity index (χ2n) is 4.12. The van der Waals surface area contributed by atoms with E-state index in [0.29, 0.717) is 0 Å². The number of aryl methyl sites for hydroxylation is 2. The number of nitrogen functional groups attached to an aromatic ring is 1. The molecule has 0 aliphatic heterocycles. The lowest BCUT2D eigenvalue weighted by Crippen LogP contribution is -2.11. The fourth-order valence-electron chi connectivity index (χ4n) is 1.78. The van der Waals surface area contributed by atoms with Gasteiger partial charge in [-0.1, -0.05) is 0 Å². The molecule has 3 N–H and O–H groups in total.